The maximum Gasteiger partial charge on any atom is 0.559 e. The Labute approximate surface area is 72.2 Å². The third-order valence-electron chi connectivity index (χ3n) is 1.25. The van der Waals surface area contributed by atoms with E-state index in [0.29, 0.717) is 12.2 Å². The summed E-state index contributed by atoms with van der Waals surface area (Å²) in [5.41, 5.74) is 0. The minimum Gasteiger partial charge on any atom is -0.439 e. The molecule has 0 aromatic heterocycles. The normalized spacial score (nSPS) is 28.4. The highest BCUT2D eigenvalue weighted by atomic mass is 32.2. The fourth-order valence-corrected chi connectivity index (χ4v) is 1.98. The second-order valence-electron chi connectivity index (χ2n) is 2.24. The van der Waals surface area contributed by atoms with E-state index in [-0.39, 0.29) is 0 Å². The van der Waals surface area contributed by atoms with Gasteiger partial charge in [0, 0.05) is 6.92 Å². The first-order valence-corrected chi connectivity index (χ1v) is 4.69. The highest BCUT2D eigenvalue weighted by molar-refractivity contribution is 8.06. The van der Waals surface area contributed by atoms with Crippen molar-refractivity contribution < 1.29 is 23.6 Å². The molecule has 1 aliphatic rings. The zero-order chi connectivity index (χ0) is 9.14. The van der Waals surface area contributed by atoms with Gasteiger partial charge in [0.1, 0.15) is 0 Å². The number of carbonyl (C=O) groups is 2. The van der Waals surface area contributed by atoms with Crippen LogP contribution in [0.2, 0.25) is 0 Å². The van der Waals surface area contributed by atoms with Gasteiger partial charge in [0.15, 0.2) is 5.75 Å². The van der Waals surface area contributed by atoms with E-state index in [1.54, 1.807) is 0 Å². The van der Waals surface area contributed by atoms with Crippen molar-refractivity contribution in [3.63, 3.8) is 0 Å². The molecule has 0 bridgehead atoms. The fourth-order valence-electron chi connectivity index (χ4n) is 0.821. The van der Waals surface area contributed by atoms with Crippen LogP contribution in [0.5, 0.6) is 0 Å². The van der Waals surface area contributed by atoms with Crippen LogP contribution in [0.1, 0.15) is 13.3 Å². The quantitative estimate of drug-likeness (QED) is 0.485. The van der Waals surface area contributed by atoms with Crippen molar-refractivity contribution in [2.24, 2.45) is 0 Å². The van der Waals surface area contributed by atoms with Gasteiger partial charge in [0.05, 0.1) is 6.42 Å². The minimum atomic E-state index is -1.09. The van der Waals surface area contributed by atoms with Gasteiger partial charge < -0.3 is 9.84 Å². The Hall–Kier alpha value is -0.750. The molecule has 0 saturated carbocycles. The molecule has 1 rings (SSSR count). The largest absolute Gasteiger partial charge is 0.559 e. The molecule has 0 aromatic rings. The minimum absolute atomic E-state index is 0.424. The maximum absolute atomic E-state index is 10.4. The van der Waals surface area contributed by atoms with Crippen LogP contribution in [-0.2, 0) is 24.9 Å². The molecular weight excluding hydrogens is 184 g/mol. The topological polar surface area (TPSA) is 72.8 Å². The lowest BCUT2D eigenvalue weighted by atomic mass is 10.5. The smallest absolute Gasteiger partial charge is 0.439 e. The van der Waals surface area contributed by atoms with Crippen LogP contribution in [0, 0.1) is 0 Å². The molecule has 1 heterocycles. The standard InChI is InChI=1S/C6H8O5S/c1-4(7)10-5-2-3-12(11-5)6(8)9/h5H,2-3H2,1H3/p+1. The van der Waals surface area contributed by atoms with Crippen molar-refractivity contribution >= 4 is 22.4 Å². The molecule has 1 saturated heterocycles. The van der Waals surface area contributed by atoms with Gasteiger partial charge >= 0.3 is 11.3 Å². The highest BCUT2D eigenvalue weighted by Gasteiger charge is 2.44. The first-order valence-electron chi connectivity index (χ1n) is 3.38. The third kappa shape index (κ3) is 2.38. The number of carbonyl (C=O) groups excluding carboxylic acids is 1. The lowest BCUT2D eigenvalue weighted by Gasteiger charge is -2.02. The van der Waals surface area contributed by atoms with Crippen molar-refractivity contribution in [3.05, 3.63) is 0 Å². The number of rotatable bonds is 1. The summed E-state index contributed by atoms with van der Waals surface area (Å²) in [6, 6.07) is 0. The second kappa shape index (κ2) is 3.77. The molecule has 1 aliphatic heterocycles. The maximum atomic E-state index is 10.4. The van der Waals surface area contributed by atoms with Crippen molar-refractivity contribution in [1.29, 1.82) is 0 Å². The molecule has 0 amide bonds. The van der Waals surface area contributed by atoms with Gasteiger partial charge in [-0.05, 0) is 0 Å². The summed E-state index contributed by atoms with van der Waals surface area (Å²) in [6.45, 7) is 1.26. The number of esters is 1. The molecule has 0 aliphatic carbocycles. The van der Waals surface area contributed by atoms with Crippen LogP contribution in [0.15, 0.2) is 0 Å². The monoisotopic (exact) mass is 193 g/mol. The van der Waals surface area contributed by atoms with Crippen LogP contribution in [-0.4, -0.2) is 28.4 Å². The number of ether oxygens (including phenoxy) is 1. The van der Waals surface area contributed by atoms with E-state index < -0.39 is 28.7 Å². The summed E-state index contributed by atoms with van der Waals surface area (Å²) in [6.07, 6.45) is -0.198. The first kappa shape index (κ1) is 9.34. The molecule has 6 heteroatoms. The van der Waals surface area contributed by atoms with Crippen molar-refractivity contribution in [3.8, 4) is 0 Å². The van der Waals surface area contributed by atoms with Crippen LogP contribution in [0.3, 0.4) is 0 Å². The summed E-state index contributed by atoms with van der Waals surface area (Å²) in [5, 5.41) is 7.53. The summed E-state index contributed by atoms with van der Waals surface area (Å²) >= 11 is -1.09. The molecule has 2 unspecified atom stereocenters. The van der Waals surface area contributed by atoms with E-state index in [0.717, 1.165) is 0 Å². The molecule has 1 fully saturated rings. The van der Waals surface area contributed by atoms with Gasteiger partial charge in [-0.25, -0.2) is 0 Å². The number of carboxylic acid groups (broad SMARTS) is 1. The van der Waals surface area contributed by atoms with Crippen molar-refractivity contribution in [2.75, 3.05) is 5.75 Å². The van der Waals surface area contributed by atoms with Gasteiger partial charge in [-0.15, -0.1) is 4.18 Å². The summed E-state index contributed by atoms with van der Waals surface area (Å²) in [7, 11) is 0. The van der Waals surface area contributed by atoms with Gasteiger partial charge in [-0.3, -0.25) is 4.79 Å². The van der Waals surface area contributed by atoms with Crippen LogP contribution in [0.4, 0.5) is 4.79 Å². The Kier molecular flexibility index (Phi) is 2.93. The lowest BCUT2D eigenvalue weighted by molar-refractivity contribution is -0.158. The Morgan fingerprint density at radius 3 is 2.75 bits per heavy atom. The van der Waals surface area contributed by atoms with Crippen molar-refractivity contribution in [1.82, 2.24) is 0 Å². The predicted octanol–water partition coefficient (Wildman–Crippen LogP) is 0.507. The molecule has 1 N–H and O–H groups in total. The van der Waals surface area contributed by atoms with E-state index in [1.807, 2.05) is 0 Å². The number of hydrogen-bond donors (Lipinski definition) is 1. The molecular formula is C6H9O5S+. The number of hydrogen-bond acceptors (Lipinski definition) is 4. The Bertz CT molecular complexity index is 204. The molecule has 12 heavy (non-hydrogen) atoms. The summed E-state index contributed by atoms with van der Waals surface area (Å²) in [5.74, 6) is -0.0244. The molecule has 68 valence electrons. The predicted molar refractivity (Wildman–Crippen MR) is 41.5 cm³/mol. The zero-order valence-electron chi connectivity index (χ0n) is 6.48. The van der Waals surface area contributed by atoms with Crippen LogP contribution < -0.4 is 0 Å². The second-order valence-corrected chi connectivity index (χ2v) is 3.88. The summed E-state index contributed by atoms with van der Waals surface area (Å²) < 4.78 is 9.59. The van der Waals surface area contributed by atoms with E-state index >= 15 is 0 Å². The Morgan fingerprint density at radius 2 is 2.33 bits per heavy atom. The molecule has 0 spiro atoms. The average Bonchev–Trinajstić information content (AvgIpc) is 2.34. The fraction of sp³-hybridized carbons (Fsp3) is 0.667. The van der Waals surface area contributed by atoms with Crippen molar-refractivity contribution in [2.45, 2.75) is 19.6 Å². The lowest BCUT2D eigenvalue weighted by Crippen LogP contribution is -2.18. The van der Waals surface area contributed by atoms with Gasteiger partial charge in [0.2, 0.25) is 0 Å². The molecule has 5 nitrogen and oxygen atoms in total. The van der Waals surface area contributed by atoms with E-state index in [4.69, 9.17) is 9.29 Å². The van der Waals surface area contributed by atoms with Crippen LogP contribution >= 0.6 is 0 Å². The average molecular weight is 193 g/mol. The van der Waals surface area contributed by atoms with E-state index in [1.165, 1.54) is 6.92 Å². The van der Waals surface area contributed by atoms with Gasteiger partial charge in [0.25, 0.3) is 17.5 Å². The van der Waals surface area contributed by atoms with E-state index in [9.17, 15) is 9.59 Å². The zero-order valence-corrected chi connectivity index (χ0v) is 7.30. The van der Waals surface area contributed by atoms with Gasteiger partial charge in [-0.1, -0.05) is 0 Å². The Balaban J connectivity index is 2.35. The SMILES string of the molecule is CC(=O)OC1CC[S+](C(=O)O)O1. The van der Waals surface area contributed by atoms with Gasteiger partial charge in [-0.2, -0.15) is 4.79 Å². The highest BCUT2D eigenvalue weighted by Crippen LogP contribution is 2.19. The Morgan fingerprint density at radius 1 is 1.67 bits per heavy atom. The van der Waals surface area contributed by atoms with Crippen LogP contribution in [0.25, 0.3) is 0 Å². The third-order valence-corrected chi connectivity index (χ3v) is 2.70. The molecule has 0 radical (unpaired) electrons. The first-order chi connectivity index (χ1) is 5.59. The molecule has 2 atom stereocenters. The summed E-state index contributed by atoms with van der Waals surface area (Å²) in [4.78, 5) is 20.8. The molecule has 0 aromatic carbocycles. The van der Waals surface area contributed by atoms with E-state index in [2.05, 4.69) is 4.74 Å².